The first-order valence-corrected chi connectivity index (χ1v) is 12.0. The second kappa shape index (κ2) is 7.75. The second-order valence-corrected chi connectivity index (χ2v) is 9.11. The Morgan fingerprint density at radius 3 is 2.06 bits per heavy atom. The van der Waals surface area contributed by atoms with Gasteiger partial charge in [0, 0.05) is 29.2 Å². The fourth-order valence-electron chi connectivity index (χ4n) is 5.47. The highest BCUT2D eigenvalue weighted by Crippen LogP contribution is 2.42. The third-order valence-corrected chi connectivity index (χ3v) is 7.16. The number of rotatable bonds is 3. The van der Waals surface area contributed by atoms with Crippen molar-refractivity contribution in [2.24, 2.45) is 0 Å². The molecule has 1 heterocycles. The summed E-state index contributed by atoms with van der Waals surface area (Å²) in [6, 6.07) is 45.8. The Bertz CT molecular complexity index is 1860. The summed E-state index contributed by atoms with van der Waals surface area (Å²) >= 11 is 0. The fraction of sp³-hybridized carbons (Fsp3) is 0.0303. The van der Waals surface area contributed by atoms with Crippen LogP contribution in [0.2, 0.25) is 0 Å². The highest BCUT2D eigenvalue weighted by atomic mass is 15.1. The zero-order valence-corrected chi connectivity index (χ0v) is 19.5. The number of hydrogen-bond acceptors (Lipinski definition) is 1. The maximum atomic E-state index is 2.42. The van der Waals surface area contributed by atoms with E-state index in [1.165, 1.54) is 60.4 Å². The normalized spacial score (nSPS) is 11.6. The van der Waals surface area contributed by atoms with Gasteiger partial charge in [-0.05, 0) is 64.0 Å². The van der Waals surface area contributed by atoms with Gasteiger partial charge in [-0.3, -0.25) is 0 Å². The van der Waals surface area contributed by atoms with Gasteiger partial charge in [-0.2, -0.15) is 0 Å². The van der Waals surface area contributed by atoms with Gasteiger partial charge in [0.2, 0.25) is 0 Å². The molecule has 0 bridgehead atoms. The van der Waals surface area contributed by atoms with E-state index in [1.54, 1.807) is 0 Å². The Hall–Kier alpha value is -4.56. The van der Waals surface area contributed by atoms with E-state index in [0.717, 1.165) is 0 Å². The summed E-state index contributed by atoms with van der Waals surface area (Å²) in [4.78, 5) is 2.30. The van der Waals surface area contributed by atoms with Crippen molar-refractivity contribution in [3.8, 4) is 5.69 Å². The molecule has 0 aliphatic rings. The van der Waals surface area contributed by atoms with Crippen LogP contribution in [0, 0.1) is 0 Å². The topological polar surface area (TPSA) is 8.17 Å². The molecule has 1 aromatic heterocycles. The quantitative estimate of drug-likeness (QED) is 0.262. The lowest BCUT2D eigenvalue weighted by molar-refractivity contribution is 1.18. The molecule has 0 aliphatic carbocycles. The molecule has 35 heavy (non-hydrogen) atoms. The van der Waals surface area contributed by atoms with Crippen molar-refractivity contribution < 1.29 is 0 Å². The van der Waals surface area contributed by atoms with Crippen LogP contribution in [-0.2, 0) is 0 Å². The molecular weight excluding hydrogens is 424 g/mol. The Balaban J connectivity index is 1.63. The van der Waals surface area contributed by atoms with Gasteiger partial charge in [0.25, 0.3) is 0 Å². The minimum absolute atomic E-state index is 1.17. The van der Waals surface area contributed by atoms with E-state index in [9.17, 15) is 0 Å². The molecule has 0 atom stereocenters. The number of para-hydroxylation sites is 1. The molecule has 0 saturated carbocycles. The summed E-state index contributed by atoms with van der Waals surface area (Å²) in [5.74, 6) is 0. The van der Waals surface area contributed by atoms with Gasteiger partial charge in [-0.25, -0.2) is 0 Å². The van der Waals surface area contributed by atoms with Crippen LogP contribution >= 0.6 is 0 Å². The highest BCUT2D eigenvalue weighted by Gasteiger charge is 2.19. The van der Waals surface area contributed by atoms with Crippen LogP contribution in [0.5, 0.6) is 0 Å². The summed E-state index contributed by atoms with van der Waals surface area (Å²) in [6.07, 6.45) is 0. The standard InChI is InChI=1S/C33H24N2/c1-34(26-13-3-2-4-14-26)29-16-9-17-30-33(29)32-28-15-8-7-11-24(28)19-21-31(32)35(30)27-20-18-23-10-5-6-12-25(23)22-27/h2-22H,1H3. The molecule has 2 nitrogen and oxygen atoms in total. The van der Waals surface area contributed by atoms with E-state index in [2.05, 4.69) is 144 Å². The van der Waals surface area contributed by atoms with E-state index in [4.69, 9.17) is 0 Å². The van der Waals surface area contributed by atoms with E-state index in [-0.39, 0.29) is 0 Å². The highest BCUT2D eigenvalue weighted by molar-refractivity contribution is 6.25. The van der Waals surface area contributed by atoms with Crippen LogP contribution in [0.3, 0.4) is 0 Å². The van der Waals surface area contributed by atoms with E-state index in [0.29, 0.717) is 0 Å². The summed E-state index contributed by atoms with van der Waals surface area (Å²) in [6.45, 7) is 0. The smallest absolute Gasteiger partial charge is 0.0562 e. The van der Waals surface area contributed by atoms with Crippen LogP contribution in [0.25, 0.3) is 49.0 Å². The van der Waals surface area contributed by atoms with E-state index in [1.807, 2.05) is 0 Å². The van der Waals surface area contributed by atoms with E-state index < -0.39 is 0 Å². The van der Waals surface area contributed by atoms with Crippen LogP contribution in [0.15, 0.2) is 127 Å². The first-order chi connectivity index (χ1) is 17.3. The average molecular weight is 449 g/mol. The maximum absolute atomic E-state index is 2.42. The number of benzene rings is 6. The molecule has 0 radical (unpaired) electrons. The maximum Gasteiger partial charge on any atom is 0.0562 e. The Morgan fingerprint density at radius 2 is 1.20 bits per heavy atom. The SMILES string of the molecule is CN(c1ccccc1)c1cccc2c1c1c3ccccc3ccc1n2-c1ccc2ccccc2c1. The second-order valence-electron chi connectivity index (χ2n) is 9.11. The van der Waals surface area contributed by atoms with Gasteiger partial charge < -0.3 is 9.47 Å². The van der Waals surface area contributed by atoms with Crippen molar-refractivity contribution in [1.82, 2.24) is 4.57 Å². The molecule has 6 aromatic carbocycles. The molecule has 0 fully saturated rings. The molecule has 166 valence electrons. The van der Waals surface area contributed by atoms with Crippen molar-refractivity contribution in [1.29, 1.82) is 0 Å². The van der Waals surface area contributed by atoms with Gasteiger partial charge in [-0.15, -0.1) is 0 Å². The first-order valence-electron chi connectivity index (χ1n) is 12.0. The molecule has 0 spiro atoms. The number of fused-ring (bicyclic) bond motifs is 6. The zero-order chi connectivity index (χ0) is 23.4. The van der Waals surface area contributed by atoms with Crippen LogP contribution < -0.4 is 4.90 Å². The van der Waals surface area contributed by atoms with Crippen molar-refractivity contribution >= 4 is 54.7 Å². The number of aromatic nitrogens is 1. The van der Waals surface area contributed by atoms with Gasteiger partial charge in [-0.1, -0.05) is 84.9 Å². The Morgan fingerprint density at radius 1 is 0.514 bits per heavy atom. The van der Waals surface area contributed by atoms with Crippen LogP contribution in [0.4, 0.5) is 11.4 Å². The lowest BCUT2D eigenvalue weighted by Gasteiger charge is -2.21. The molecule has 0 amide bonds. The molecular formula is C33H24N2. The van der Waals surface area contributed by atoms with Crippen molar-refractivity contribution in [2.45, 2.75) is 0 Å². The van der Waals surface area contributed by atoms with Crippen LogP contribution in [-0.4, -0.2) is 11.6 Å². The first kappa shape index (κ1) is 19.9. The van der Waals surface area contributed by atoms with Crippen molar-refractivity contribution in [2.75, 3.05) is 11.9 Å². The third kappa shape index (κ3) is 3.04. The Kier molecular flexibility index (Phi) is 4.40. The average Bonchev–Trinajstić information content (AvgIpc) is 3.28. The Labute approximate surface area is 204 Å². The predicted octanol–water partition coefficient (Wildman–Crippen LogP) is 8.86. The lowest BCUT2D eigenvalue weighted by Crippen LogP contribution is -2.09. The van der Waals surface area contributed by atoms with Crippen molar-refractivity contribution in [3.05, 3.63) is 127 Å². The minimum Gasteiger partial charge on any atom is -0.344 e. The summed E-state index contributed by atoms with van der Waals surface area (Å²) < 4.78 is 2.42. The van der Waals surface area contributed by atoms with Crippen LogP contribution in [0.1, 0.15) is 0 Å². The third-order valence-electron chi connectivity index (χ3n) is 7.16. The van der Waals surface area contributed by atoms with Gasteiger partial charge in [0.1, 0.15) is 0 Å². The number of hydrogen-bond donors (Lipinski definition) is 0. The number of nitrogens with zero attached hydrogens (tertiary/aromatic N) is 2. The molecule has 0 N–H and O–H groups in total. The molecule has 0 saturated heterocycles. The van der Waals surface area contributed by atoms with Gasteiger partial charge in [0.15, 0.2) is 0 Å². The summed E-state index contributed by atoms with van der Waals surface area (Å²) in [5, 5.41) is 7.62. The summed E-state index contributed by atoms with van der Waals surface area (Å²) in [5.41, 5.74) is 6.00. The molecule has 2 heteroatoms. The molecule has 7 aromatic rings. The van der Waals surface area contributed by atoms with Gasteiger partial charge >= 0.3 is 0 Å². The van der Waals surface area contributed by atoms with E-state index >= 15 is 0 Å². The minimum atomic E-state index is 1.17. The number of anilines is 2. The molecule has 0 unspecified atom stereocenters. The monoisotopic (exact) mass is 448 g/mol. The van der Waals surface area contributed by atoms with Crippen molar-refractivity contribution in [3.63, 3.8) is 0 Å². The predicted molar refractivity (Wildman–Crippen MR) is 150 cm³/mol. The van der Waals surface area contributed by atoms with Gasteiger partial charge in [0.05, 0.1) is 16.7 Å². The molecule has 0 aliphatic heterocycles. The lowest BCUT2D eigenvalue weighted by atomic mass is 10.0. The zero-order valence-electron chi connectivity index (χ0n) is 19.5. The summed E-state index contributed by atoms with van der Waals surface area (Å²) in [7, 11) is 2.16. The fourth-order valence-corrected chi connectivity index (χ4v) is 5.47. The molecule has 7 rings (SSSR count). The largest absolute Gasteiger partial charge is 0.344 e.